The van der Waals surface area contributed by atoms with Gasteiger partial charge in [0.15, 0.2) is 10.6 Å². The molecule has 0 atom stereocenters. The zero-order chi connectivity index (χ0) is 11.8. The molecule has 0 saturated heterocycles. The smallest absolute Gasteiger partial charge is 0.213 e. The first-order chi connectivity index (χ1) is 8.24. The van der Waals surface area contributed by atoms with Crippen LogP contribution in [0.1, 0.15) is 5.82 Å². The van der Waals surface area contributed by atoms with Gasteiger partial charge in [-0.05, 0) is 30.4 Å². The number of H-pyrrole nitrogens is 1. The molecule has 1 N–H and O–H groups in total. The van der Waals surface area contributed by atoms with E-state index in [-0.39, 0.29) is 0 Å². The Bertz CT molecular complexity index is 716. The molecule has 0 unspecified atom stereocenters. The second-order valence-electron chi connectivity index (χ2n) is 3.53. The lowest BCUT2D eigenvalue weighted by molar-refractivity contribution is 0.408. The third-order valence-corrected chi connectivity index (χ3v) is 3.26. The fourth-order valence-electron chi connectivity index (χ4n) is 1.69. The lowest BCUT2D eigenvalue weighted by atomic mass is 10.3. The van der Waals surface area contributed by atoms with E-state index in [9.17, 15) is 0 Å². The minimum absolute atomic E-state index is 0.492. The zero-order valence-electron chi connectivity index (χ0n) is 8.55. The van der Waals surface area contributed by atoms with Crippen molar-refractivity contribution in [2.75, 3.05) is 0 Å². The Morgan fingerprint density at radius 1 is 1.47 bits per heavy atom. The fraction of sp³-hybridized carbons (Fsp3) is 0.100. The highest BCUT2D eigenvalue weighted by Gasteiger charge is 2.07. The Hall–Kier alpha value is -1.47. The highest BCUT2D eigenvalue weighted by Crippen LogP contribution is 2.20. The monoisotopic (exact) mass is 310 g/mol. The average molecular weight is 311 g/mol. The van der Waals surface area contributed by atoms with Crippen molar-refractivity contribution in [3.8, 4) is 0 Å². The maximum absolute atomic E-state index is 5.28. The number of hydrogen-bond acceptors (Lipinski definition) is 4. The molecule has 2 heterocycles. The van der Waals surface area contributed by atoms with Crippen molar-refractivity contribution in [1.29, 1.82) is 0 Å². The molecule has 86 valence electrons. The number of halogens is 1. The third-order valence-electron chi connectivity index (χ3n) is 2.44. The van der Waals surface area contributed by atoms with E-state index < -0.39 is 0 Å². The van der Waals surface area contributed by atoms with Gasteiger partial charge in [0.2, 0.25) is 6.39 Å². The van der Waals surface area contributed by atoms with Crippen LogP contribution in [0, 0.1) is 4.77 Å². The number of hydrogen-bond donors (Lipinski definition) is 1. The van der Waals surface area contributed by atoms with E-state index in [4.69, 9.17) is 16.7 Å². The Kier molecular flexibility index (Phi) is 2.56. The Morgan fingerprint density at radius 3 is 3.12 bits per heavy atom. The van der Waals surface area contributed by atoms with Crippen LogP contribution < -0.4 is 0 Å². The van der Waals surface area contributed by atoms with Gasteiger partial charge < -0.3 is 14.1 Å². The van der Waals surface area contributed by atoms with Crippen molar-refractivity contribution in [2.24, 2.45) is 0 Å². The van der Waals surface area contributed by atoms with Crippen LogP contribution in [0.5, 0.6) is 0 Å². The molecule has 2 aromatic heterocycles. The number of rotatable bonds is 2. The standard InChI is InChI=1S/C10H7BrN4OS/c11-6-1-2-7-8(3-6)15(10(17)13-7)4-9-12-5-16-14-9/h1-3,5H,4H2,(H,13,17). The molecule has 0 saturated carbocycles. The maximum atomic E-state index is 5.28. The molecule has 5 nitrogen and oxygen atoms in total. The second kappa shape index (κ2) is 4.08. The van der Waals surface area contributed by atoms with Gasteiger partial charge in [0.25, 0.3) is 0 Å². The van der Waals surface area contributed by atoms with Gasteiger partial charge >= 0.3 is 0 Å². The molecule has 1 aromatic carbocycles. The Balaban J connectivity index is 2.17. The summed E-state index contributed by atoms with van der Waals surface area (Å²) in [7, 11) is 0. The minimum atomic E-state index is 0.492. The van der Waals surface area contributed by atoms with E-state index in [0.29, 0.717) is 17.1 Å². The van der Waals surface area contributed by atoms with Gasteiger partial charge in [-0.2, -0.15) is 4.98 Å². The summed E-state index contributed by atoms with van der Waals surface area (Å²) >= 11 is 8.72. The van der Waals surface area contributed by atoms with E-state index in [1.165, 1.54) is 6.39 Å². The summed E-state index contributed by atoms with van der Waals surface area (Å²) in [4.78, 5) is 7.13. The summed E-state index contributed by atoms with van der Waals surface area (Å²) in [5, 5.41) is 3.78. The molecule has 0 spiro atoms. The zero-order valence-corrected chi connectivity index (χ0v) is 11.0. The molecule has 0 bridgehead atoms. The summed E-state index contributed by atoms with van der Waals surface area (Å²) in [6, 6.07) is 5.94. The van der Waals surface area contributed by atoms with Crippen molar-refractivity contribution in [3.63, 3.8) is 0 Å². The predicted molar refractivity (Wildman–Crippen MR) is 68.2 cm³/mol. The largest absolute Gasteiger partial charge is 0.343 e. The second-order valence-corrected chi connectivity index (χ2v) is 4.83. The molecule has 0 aliphatic heterocycles. The van der Waals surface area contributed by atoms with Crippen LogP contribution in [0.2, 0.25) is 0 Å². The number of aromatic nitrogens is 4. The summed E-state index contributed by atoms with van der Waals surface area (Å²) in [5.41, 5.74) is 2.00. The highest BCUT2D eigenvalue weighted by atomic mass is 79.9. The third kappa shape index (κ3) is 1.91. The van der Waals surface area contributed by atoms with Crippen molar-refractivity contribution in [3.05, 3.63) is 39.7 Å². The molecule has 0 radical (unpaired) electrons. The number of benzene rings is 1. The van der Waals surface area contributed by atoms with Gasteiger partial charge in [-0.15, -0.1) is 0 Å². The predicted octanol–water partition coefficient (Wildman–Crippen LogP) is 2.89. The van der Waals surface area contributed by atoms with Gasteiger partial charge in [0, 0.05) is 4.47 Å². The molecule has 7 heteroatoms. The van der Waals surface area contributed by atoms with E-state index in [1.807, 2.05) is 22.8 Å². The minimum Gasteiger partial charge on any atom is -0.343 e. The van der Waals surface area contributed by atoms with Crippen LogP contribution in [0.3, 0.4) is 0 Å². The molecule has 0 fully saturated rings. The van der Waals surface area contributed by atoms with Crippen LogP contribution in [0.4, 0.5) is 0 Å². The normalized spacial score (nSPS) is 11.1. The van der Waals surface area contributed by atoms with Gasteiger partial charge in [-0.1, -0.05) is 21.1 Å². The first-order valence-corrected chi connectivity index (χ1v) is 6.07. The first-order valence-electron chi connectivity index (χ1n) is 4.87. The lowest BCUT2D eigenvalue weighted by Crippen LogP contribution is -2.01. The molecule has 3 rings (SSSR count). The number of aromatic amines is 1. The number of nitrogens with zero attached hydrogens (tertiary/aromatic N) is 3. The fourth-order valence-corrected chi connectivity index (χ4v) is 2.31. The summed E-state index contributed by atoms with van der Waals surface area (Å²) in [5.74, 6) is 0.599. The highest BCUT2D eigenvalue weighted by molar-refractivity contribution is 9.10. The topological polar surface area (TPSA) is 59.6 Å². The Labute approximate surface area is 110 Å². The van der Waals surface area contributed by atoms with E-state index in [0.717, 1.165) is 15.5 Å². The molecule has 17 heavy (non-hydrogen) atoms. The van der Waals surface area contributed by atoms with Crippen LogP contribution in [0.15, 0.2) is 33.6 Å². The molecular formula is C10H7BrN4OS. The quantitative estimate of drug-likeness (QED) is 0.739. The Morgan fingerprint density at radius 2 is 2.35 bits per heavy atom. The first kappa shape index (κ1) is 10.7. The molecule has 0 aliphatic rings. The van der Waals surface area contributed by atoms with Crippen LogP contribution in [0.25, 0.3) is 11.0 Å². The van der Waals surface area contributed by atoms with Crippen LogP contribution in [-0.2, 0) is 6.54 Å². The molecule has 3 aromatic rings. The SMILES string of the molecule is S=c1[nH]c2ccc(Br)cc2n1Cc1ncon1. The van der Waals surface area contributed by atoms with Gasteiger partial charge in [0.1, 0.15) is 0 Å². The van der Waals surface area contributed by atoms with Crippen molar-refractivity contribution < 1.29 is 4.52 Å². The van der Waals surface area contributed by atoms with Crippen molar-refractivity contribution >= 4 is 39.2 Å². The summed E-state index contributed by atoms with van der Waals surface area (Å²) in [6.07, 6.45) is 1.31. The van der Waals surface area contributed by atoms with E-state index >= 15 is 0 Å². The summed E-state index contributed by atoms with van der Waals surface area (Å²) in [6.45, 7) is 0.492. The van der Waals surface area contributed by atoms with Gasteiger partial charge in [0.05, 0.1) is 17.6 Å². The molecule has 0 aliphatic carbocycles. The van der Waals surface area contributed by atoms with E-state index in [1.54, 1.807) is 0 Å². The van der Waals surface area contributed by atoms with Gasteiger partial charge in [-0.25, -0.2) is 0 Å². The average Bonchev–Trinajstić information content (AvgIpc) is 2.90. The molecular weight excluding hydrogens is 304 g/mol. The van der Waals surface area contributed by atoms with Crippen LogP contribution in [-0.4, -0.2) is 19.7 Å². The molecule has 0 amide bonds. The van der Waals surface area contributed by atoms with Crippen molar-refractivity contribution in [2.45, 2.75) is 6.54 Å². The number of nitrogens with one attached hydrogen (secondary N) is 1. The maximum Gasteiger partial charge on any atom is 0.213 e. The van der Waals surface area contributed by atoms with Gasteiger partial charge in [-0.3, -0.25) is 0 Å². The van der Waals surface area contributed by atoms with Crippen LogP contribution >= 0.6 is 28.1 Å². The summed E-state index contributed by atoms with van der Waals surface area (Å²) < 4.78 is 8.28. The number of imidazole rings is 1. The number of fused-ring (bicyclic) bond motifs is 1. The van der Waals surface area contributed by atoms with Crippen molar-refractivity contribution in [1.82, 2.24) is 19.7 Å². The lowest BCUT2D eigenvalue weighted by Gasteiger charge is -2.00. The van der Waals surface area contributed by atoms with E-state index in [2.05, 4.69) is 31.1 Å².